The Hall–Kier alpha value is -4.01. The van der Waals surface area contributed by atoms with Crippen LogP contribution in [0.15, 0.2) is 51.7 Å². The zero-order valence-electron chi connectivity index (χ0n) is 17.0. The molecule has 0 spiro atoms. The Morgan fingerprint density at radius 2 is 1.94 bits per heavy atom. The van der Waals surface area contributed by atoms with Crippen molar-refractivity contribution in [3.8, 4) is 5.75 Å². The van der Waals surface area contributed by atoms with Gasteiger partial charge in [-0.1, -0.05) is 19.4 Å². The monoisotopic (exact) mass is 424 g/mol. The number of hydrogen-bond donors (Lipinski definition) is 1. The molecule has 0 bridgehead atoms. The number of fused-ring (bicyclic) bond motifs is 1. The van der Waals surface area contributed by atoms with Crippen molar-refractivity contribution in [1.82, 2.24) is 5.32 Å². The maximum atomic E-state index is 12.4. The molecule has 2 aromatic carbocycles. The second-order valence-corrected chi connectivity index (χ2v) is 6.90. The van der Waals surface area contributed by atoms with Crippen LogP contribution in [-0.2, 0) is 0 Å². The molecule has 1 aromatic heterocycles. The van der Waals surface area contributed by atoms with Gasteiger partial charge in [-0.15, -0.1) is 0 Å². The second kappa shape index (κ2) is 9.21. The van der Waals surface area contributed by atoms with E-state index in [1.165, 1.54) is 30.3 Å². The molecule has 9 nitrogen and oxygen atoms in total. The Kier molecular flexibility index (Phi) is 6.44. The summed E-state index contributed by atoms with van der Waals surface area (Å²) in [5.74, 6) is -1.22. The van der Waals surface area contributed by atoms with Gasteiger partial charge in [0.25, 0.3) is 11.6 Å². The number of amides is 1. The minimum absolute atomic E-state index is 0.0120. The molecule has 0 atom stereocenters. The summed E-state index contributed by atoms with van der Waals surface area (Å²) >= 11 is 0. The fourth-order valence-electron chi connectivity index (χ4n) is 2.89. The Morgan fingerprint density at radius 3 is 2.65 bits per heavy atom. The van der Waals surface area contributed by atoms with Crippen LogP contribution in [0.25, 0.3) is 11.0 Å². The van der Waals surface area contributed by atoms with Gasteiger partial charge in [-0.25, -0.2) is 9.59 Å². The van der Waals surface area contributed by atoms with Crippen molar-refractivity contribution < 1.29 is 23.7 Å². The number of nitro groups is 1. The summed E-state index contributed by atoms with van der Waals surface area (Å²) in [5.41, 5.74) is -0.542. The third-order valence-corrected chi connectivity index (χ3v) is 4.62. The van der Waals surface area contributed by atoms with Crippen LogP contribution in [0, 0.1) is 17.0 Å². The molecule has 0 unspecified atom stereocenters. The molecular weight excluding hydrogens is 404 g/mol. The van der Waals surface area contributed by atoms with Crippen LogP contribution < -0.4 is 15.7 Å². The van der Waals surface area contributed by atoms with Gasteiger partial charge in [-0.05, 0) is 37.6 Å². The molecule has 0 aliphatic rings. The van der Waals surface area contributed by atoms with Gasteiger partial charge in [0.2, 0.25) is 0 Å². The molecule has 1 amide bonds. The molecule has 0 saturated heterocycles. The summed E-state index contributed by atoms with van der Waals surface area (Å²) in [5, 5.41) is 14.2. The van der Waals surface area contributed by atoms with Gasteiger partial charge in [-0.3, -0.25) is 14.9 Å². The quantitative estimate of drug-likeness (QED) is 0.153. The normalized spacial score (nSPS) is 10.6. The summed E-state index contributed by atoms with van der Waals surface area (Å²) in [4.78, 5) is 47.2. The predicted octanol–water partition coefficient (Wildman–Crippen LogP) is 3.76. The van der Waals surface area contributed by atoms with Gasteiger partial charge < -0.3 is 14.5 Å². The number of nitro benzene ring substituents is 1. The first-order chi connectivity index (χ1) is 14.8. The third-order valence-electron chi connectivity index (χ3n) is 4.62. The Labute approximate surface area is 176 Å². The lowest BCUT2D eigenvalue weighted by Gasteiger charge is -2.07. The molecule has 160 valence electrons. The fraction of sp³-hybridized carbons (Fsp3) is 0.227. The van der Waals surface area contributed by atoms with Crippen molar-refractivity contribution in [3.05, 3.63) is 79.7 Å². The molecule has 31 heavy (non-hydrogen) atoms. The average molecular weight is 424 g/mol. The van der Waals surface area contributed by atoms with E-state index in [0.29, 0.717) is 17.5 Å². The lowest BCUT2D eigenvalue weighted by molar-refractivity contribution is -0.385. The van der Waals surface area contributed by atoms with Crippen molar-refractivity contribution in [2.75, 3.05) is 6.54 Å². The lowest BCUT2D eigenvalue weighted by Crippen LogP contribution is -2.28. The second-order valence-electron chi connectivity index (χ2n) is 6.90. The van der Waals surface area contributed by atoms with E-state index in [4.69, 9.17) is 9.15 Å². The highest BCUT2D eigenvalue weighted by molar-refractivity contribution is 5.97. The number of rotatable bonds is 7. The van der Waals surface area contributed by atoms with E-state index in [1.807, 2.05) is 6.92 Å². The molecule has 0 aliphatic carbocycles. The number of nitrogens with zero attached hydrogens (tertiary/aromatic N) is 1. The van der Waals surface area contributed by atoms with Crippen LogP contribution in [0.4, 0.5) is 5.69 Å². The van der Waals surface area contributed by atoms with Crippen molar-refractivity contribution in [2.24, 2.45) is 0 Å². The average Bonchev–Trinajstić information content (AvgIpc) is 2.73. The molecule has 0 fully saturated rings. The van der Waals surface area contributed by atoms with Gasteiger partial charge in [0.15, 0.2) is 0 Å². The summed E-state index contributed by atoms with van der Waals surface area (Å²) in [7, 11) is 0. The number of esters is 1. The van der Waals surface area contributed by atoms with Gasteiger partial charge in [0, 0.05) is 29.6 Å². The van der Waals surface area contributed by atoms with Gasteiger partial charge in [0.05, 0.1) is 10.5 Å². The first-order valence-electron chi connectivity index (χ1n) is 9.63. The number of unbranched alkanes of at least 4 members (excludes halogenated alkanes) is 1. The number of ether oxygens (including phenoxy) is 1. The highest BCUT2D eigenvalue weighted by Crippen LogP contribution is 2.23. The van der Waals surface area contributed by atoms with E-state index in [2.05, 4.69) is 5.32 Å². The molecule has 0 radical (unpaired) electrons. The molecule has 9 heteroatoms. The Bertz CT molecular complexity index is 1230. The zero-order valence-corrected chi connectivity index (χ0v) is 17.0. The highest BCUT2D eigenvalue weighted by atomic mass is 16.6. The van der Waals surface area contributed by atoms with E-state index in [1.54, 1.807) is 13.0 Å². The molecule has 3 aromatic rings. The molecule has 1 heterocycles. The minimum Gasteiger partial charge on any atom is -0.423 e. The van der Waals surface area contributed by atoms with E-state index >= 15 is 0 Å². The maximum Gasteiger partial charge on any atom is 0.349 e. The standard InChI is InChI=1S/C22H20N2O7/c1-3-4-9-23-20(25)17-10-14-7-8-16(12-19(14)31-22(17)27)30-21(26)15-6-5-13(2)18(11-15)24(28)29/h5-8,10-12H,3-4,9H2,1-2H3,(H,23,25). The zero-order chi connectivity index (χ0) is 22.5. The first-order valence-corrected chi connectivity index (χ1v) is 9.63. The van der Waals surface area contributed by atoms with E-state index in [0.717, 1.165) is 18.9 Å². The fourth-order valence-corrected chi connectivity index (χ4v) is 2.89. The van der Waals surface area contributed by atoms with Crippen LogP contribution in [0.2, 0.25) is 0 Å². The molecule has 3 rings (SSSR count). The largest absolute Gasteiger partial charge is 0.423 e. The molecular formula is C22H20N2O7. The number of carbonyl (C=O) groups is 2. The Morgan fingerprint density at radius 1 is 1.16 bits per heavy atom. The number of benzene rings is 2. The van der Waals surface area contributed by atoms with Crippen molar-refractivity contribution >= 4 is 28.5 Å². The predicted molar refractivity (Wildman–Crippen MR) is 113 cm³/mol. The topological polar surface area (TPSA) is 129 Å². The van der Waals surface area contributed by atoms with Crippen LogP contribution >= 0.6 is 0 Å². The van der Waals surface area contributed by atoms with Gasteiger partial charge in [-0.2, -0.15) is 0 Å². The van der Waals surface area contributed by atoms with E-state index in [9.17, 15) is 24.5 Å². The maximum absolute atomic E-state index is 12.4. The SMILES string of the molecule is CCCCNC(=O)c1cc2ccc(OC(=O)c3ccc(C)c([N+](=O)[O-])c3)cc2oc1=O. The van der Waals surface area contributed by atoms with Crippen LogP contribution in [-0.4, -0.2) is 23.3 Å². The first kappa shape index (κ1) is 21.7. The number of aryl methyl sites for hydroxylation is 1. The smallest absolute Gasteiger partial charge is 0.349 e. The van der Waals surface area contributed by atoms with Crippen molar-refractivity contribution in [2.45, 2.75) is 26.7 Å². The molecule has 0 aliphatic heterocycles. The van der Waals surface area contributed by atoms with Crippen LogP contribution in [0.3, 0.4) is 0 Å². The van der Waals surface area contributed by atoms with E-state index < -0.39 is 22.4 Å². The van der Waals surface area contributed by atoms with Gasteiger partial charge in [0.1, 0.15) is 16.9 Å². The third kappa shape index (κ3) is 4.95. The van der Waals surface area contributed by atoms with Crippen molar-refractivity contribution in [3.63, 3.8) is 0 Å². The number of carbonyl (C=O) groups excluding carboxylic acids is 2. The molecule has 1 N–H and O–H groups in total. The van der Waals surface area contributed by atoms with Crippen molar-refractivity contribution in [1.29, 1.82) is 0 Å². The summed E-state index contributed by atoms with van der Waals surface area (Å²) in [6.07, 6.45) is 1.70. The Balaban J connectivity index is 1.83. The van der Waals surface area contributed by atoms with Gasteiger partial charge >= 0.3 is 11.6 Å². The van der Waals surface area contributed by atoms with Crippen LogP contribution in [0.1, 0.15) is 46.0 Å². The minimum atomic E-state index is -0.806. The van der Waals surface area contributed by atoms with E-state index in [-0.39, 0.29) is 28.1 Å². The number of nitrogens with one attached hydrogen (secondary N) is 1. The lowest BCUT2D eigenvalue weighted by atomic mass is 10.1. The summed E-state index contributed by atoms with van der Waals surface area (Å²) in [6.45, 7) is 4.01. The highest BCUT2D eigenvalue weighted by Gasteiger charge is 2.18. The number of hydrogen-bond acceptors (Lipinski definition) is 7. The summed E-state index contributed by atoms with van der Waals surface area (Å²) < 4.78 is 10.5. The molecule has 0 saturated carbocycles. The summed E-state index contributed by atoms with van der Waals surface area (Å²) in [6, 6.07) is 9.80. The van der Waals surface area contributed by atoms with Crippen LogP contribution in [0.5, 0.6) is 5.75 Å².